The number of aliphatic hydroxyl groups is 1. The Morgan fingerprint density at radius 2 is 1.62 bits per heavy atom. The van der Waals surface area contributed by atoms with Crippen LogP contribution in [0.1, 0.15) is 25.3 Å². The van der Waals surface area contributed by atoms with Gasteiger partial charge in [0.1, 0.15) is 19.2 Å². The number of hydrogen-bond acceptors (Lipinski definition) is 1. The van der Waals surface area contributed by atoms with Crippen molar-refractivity contribution >= 4 is 21.5 Å². The van der Waals surface area contributed by atoms with Crippen molar-refractivity contribution in [1.29, 1.82) is 0 Å². The molecular weight excluding hydrogens is 294 g/mol. The molecule has 3 aromatic rings. The van der Waals surface area contributed by atoms with Crippen LogP contribution in [-0.4, -0.2) is 24.3 Å². The second kappa shape index (κ2) is 6.54. The minimum Gasteiger partial charge on any atom is -0.387 e. The zero-order valence-corrected chi connectivity index (χ0v) is 14.3. The Balaban J connectivity index is 1.74. The van der Waals surface area contributed by atoms with Gasteiger partial charge in [0.2, 0.25) is 0 Å². The molecule has 2 heteroatoms. The van der Waals surface area contributed by atoms with E-state index in [1.54, 1.807) is 0 Å². The van der Waals surface area contributed by atoms with Gasteiger partial charge in [0.05, 0.1) is 6.54 Å². The third kappa shape index (κ3) is 2.81. The van der Waals surface area contributed by atoms with Crippen molar-refractivity contribution in [3.8, 4) is 0 Å². The molecule has 0 aromatic heterocycles. The number of fused-ring (bicyclic) bond motifs is 2. The quantitative estimate of drug-likeness (QED) is 0.712. The standard InChI is InChI=1S/C22H25NO/c1-2-16-11-12-23(15-22(16)24)14-21-19-9-5-3-7-17(19)13-18-8-4-6-10-20(18)21/h3-10,13,16,22,24H,2,11-12,14-15H2,1H3/p+1. The van der Waals surface area contributed by atoms with E-state index < -0.39 is 0 Å². The summed E-state index contributed by atoms with van der Waals surface area (Å²) in [7, 11) is 0. The van der Waals surface area contributed by atoms with Gasteiger partial charge in [-0.1, -0.05) is 61.9 Å². The third-order valence-corrected chi connectivity index (χ3v) is 5.74. The molecule has 24 heavy (non-hydrogen) atoms. The van der Waals surface area contributed by atoms with Crippen LogP contribution in [0.15, 0.2) is 54.6 Å². The minimum absolute atomic E-state index is 0.153. The summed E-state index contributed by atoms with van der Waals surface area (Å²) in [6, 6.07) is 19.7. The third-order valence-electron chi connectivity index (χ3n) is 5.74. The second-order valence-electron chi connectivity index (χ2n) is 7.20. The van der Waals surface area contributed by atoms with Crippen molar-refractivity contribution in [2.75, 3.05) is 13.1 Å². The smallest absolute Gasteiger partial charge is 0.106 e. The fraction of sp³-hybridized carbons (Fsp3) is 0.364. The van der Waals surface area contributed by atoms with Crippen molar-refractivity contribution < 1.29 is 10.0 Å². The number of rotatable bonds is 3. The minimum atomic E-state index is -0.153. The number of nitrogens with one attached hydrogen (secondary N) is 1. The Morgan fingerprint density at radius 1 is 1.00 bits per heavy atom. The number of piperidine rings is 1. The van der Waals surface area contributed by atoms with Gasteiger partial charge in [-0.05, 0) is 33.5 Å². The molecule has 1 heterocycles. The maximum absolute atomic E-state index is 10.4. The van der Waals surface area contributed by atoms with Crippen molar-refractivity contribution in [2.45, 2.75) is 32.4 Å². The van der Waals surface area contributed by atoms with E-state index in [2.05, 4.69) is 61.5 Å². The fourth-order valence-corrected chi connectivity index (χ4v) is 4.33. The predicted octanol–water partition coefficient (Wildman–Crippen LogP) is 3.17. The molecule has 1 aliphatic heterocycles. The van der Waals surface area contributed by atoms with Crippen LogP contribution in [0.4, 0.5) is 0 Å². The van der Waals surface area contributed by atoms with Crippen LogP contribution in [0, 0.1) is 5.92 Å². The summed E-state index contributed by atoms with van der Waals surface area (Å²) in [4.78, 5) is 1.51. The molecule has 1 fully saturated rings. The van der Waals surface area contributed by atoms with Crippen LogP contribution in [-0.2, 0) is 6.54 Å². The number of quaternary nitrogens is 1. The zero-order chi connectivity index (χ0) is 16.5. The maximum Gasteiger partial charge on any atom is 0.106 e. The Morgan fingerprint density at radius 3 is 2.21 bits per heavy atom. The van der Waals surface area contributed by atoms with E-state index in [1.807, 2.05) is 0 Å². The number of aliphatic hydroxyl groups excluding tert-OH is 1. The van der Waals surface area contributed by atoms with Crippen LogP contribution in [0.3, 0.4) is 0 Å². The van der Waals surface area contributed by atoms with Gasteiger partial charge in [0.15, 0.2) is 0 Å². The average Bonchev–Trinajstić information content (AvgIpc) is 2.62. The normalized spacial score (nSPS) is 24.5. The maximum atomic E-state index is 10.4. The highest BCUT2D eigenvalue weighted by atomic mass is 16.3. The average molecular weight is 320 g/mol. The van der Waals surface area contributed by atoms with E-state index in [0.717, 1.165) is 32.5 Å². The lowest BCUT2D eigenvalue weighted by Crippen LogP contribution is -3.13. The molecule has 0 aliphatic carbocycles. The topological polar surface area (TPSA) is 24.7 Å². The summed E-state index contributed by atoms with van der Waals surface area (Å²) < 4.78 is 0. The van der Waals surface area contributed by atoms with Crippen LogP contribution in [0.25, 0.3) is 21.5 Å². The molecule has 0 saturated carbocycles. The lowest BCUT2D eigenvalue weighted by Gasteiger charge is -2.33. The van der Waals surface area contributed by atoms with Crippen molar-refractivity contribution in [1.82, 2.24) is 0 Å². The van der Waals surface area contributed by atoms with Crippen LogP contribution >= 0.6 is 0 Å². The Hall–Kier alpha value is -1.90. The van der Waals surface area contributed by atoms with Crippen molar-refractivity contribution in [3.05, 3.63) is 60.2 Å². The van der Waals surface area contributed by atoms with Crippen molar-refractivity contribution in [2.24, 2.45) is 5.92 Å². The van der Waals surface area contributed by atoms with Crippen molar-refractivity contribution in [3.63, 3.8) is 0 Å². The number of hydrogen-bond donors (Lipinski definition) is 2. The SMILES string of the molecule is CCC1CC[NH+](Cc2c3ccccc3cc3ccccc23)CC1O. The molecule has 0 bridgehead atoms. The largest absolute Gasteiger partial charge is 0.387 e. The highest BCUT2D eigenvalue weighted by Gasteiger charge is 2.29. The summed E-state index contributed by atoms with van der Waals surface area (Å²) in [6.07, 6.45) is 2.07. The highest BCUT2D eigenvalue weighted by Crippen LogP contribution is 2.28. The van der Waals surface area contributed by atoms with Gasteiger partial charge in [0, 0.05) is 12.0 Å². The predicted molar refractivity (Wildman–Crippen MR) is 100 cm³/mol. The molecule has 0 spiro atoms. The monoisotopic (exact) mass is 320 g/mol. The van der Waals surface area contributed by atoms with Gasteiger partial charge < -0.3 is 10.0 Å². The lowest BCUT2D eigenvalue weighted by atomic mass is 9.90. The Labute approximate surface area is 143 Å². The first kappa shape index (κ1) is 15.6. The molecule has 124 valence electrons. The number of benzene rings is 3. The molecule has 0 radical (unpaired) electrons. The zero-order valence-electron chi connectivity index (χ0n) is 14.3. The van der Waals surface area contributed by atoms with E-state index in [4.69, 9.17) is 0 Å². The first-order valence-electron chi connectivity index (χ1n) is 9.17. The number of likely N-dealkylation sites (tertiary alicyclic amines) is 1. The summed E-state index contributed by atoms with van der Waals surface area (Å²) in [6.45, 7) is 5.22. The van der Waals surface area contributed by atoms with E-state index in [0.29, 0.717) is 5.92 Å². The molecular formula is C22H26NO+. The molecule has 3 atom stereocenters. The van der Waals surface area contributed by atoms with Gasteiger partial charge >= 0.3 is 0 Å². The van der Waals surface area contributed by atoms with Gasteiger partial charge in [-0.25, -0.2) is 0 Å². The molecule has 0 amide bonds. The summed E-state index contributed by atoms with van der Waals surface area (Å²) in [5.74, 6) is 0.484. The molecule has 1 saturated heterocycles. The highest BCUT2D eigenvalue weighted by molar-refractivity contribution is 6.02. The summed E-state index contributed by atoms with van der Waals surface area (Å²) in [5.41, 5.74) is 1.43. The fourth-order valence-electron chi connectivity index (χ4n) is 4.33. The first-order chi connectivity index (χ1) is 11.8. The van der Waals surface area contributed by atoms with Gasteiger partial charge in [-0.15, -0.1) is 0 Å². The van der Waals surface area contributed by atoms with Gasteiger partial charge in [0.25, 0.3) is 0 Å². The molecule has 4 rings (SSSR count). The summed E-state index contributed by atoms with van der Waals surface area (Å²) >= 11 is 0. The Bertz CT molecular complexity index is 803. The first-order valence-corrected chi connectivity index (χ1v) is 9.17. The van der Waals surface area contributed by atoms with E-state index >= 15 is 0 Å². The van der Waals surface area contributed by atoms with E-state index in [1.165, 1.54) is 32.0 Å². The van der Waals surface area contributed by atoms with Gasteiger partial charge in [-0.3, -0.25) is 0 Å². The van der Waals surface area contributed by atoms with Gasteiger partial charge in [-0.2, -0.15) is 0 Å². The van der Waals surface area contributed by atoms with E-state index in [9.17, 15) is 5.11 Å². The second-order valence-corrected chi connectivity index (χ2v) is 7.20. The van der Waals surface area contributed by atoms with Crippen LogP contribution < -0.4 is 4.90 Å². The molecule has 3 aromatic carbocycles. The van der Waals surface area contributed by atoms with Crippen LogP contribution in [0.2, 0.25) is 0 Å². The van der Waals surface area contributed by atoms with E-state index in [-0.39, 0.29) is 6.10 Å². The molecule has 2 nitrogen and oxygen atoms in total. The van der Waals surface area contributed by atoms with Crippen LogP contribution in [0.5, 0.6) is 0 Å². The molecule has 1 aliphatic rings. The molecule has 2 N–H and O–H groups in total. The molecule has 3 unspecified atom stereocenters. The lowest BCUT2D eigenvalue weighted by molar-refractivity contribution is -0.923. The Kier molecular flexibility index (Phi) is 4.26. The summed E-state index contributed by atoms with van der Waals surface area (Å²) in [5, 5.41) is 15.8.